The average Bonchev–Trinajstić information content (AvgIpc) is 2.86. The Labute approximate surface area is 219 Å². The summed E-state index contributed by atoms with van der Waals surface area (Å²) in [4.78, 5) is 28.0. The monoisotopic (exact) mass is 549 g/mol. The molecule has 1 unspecified atom stereocenters. The van der Waals surface area contributed by atoms with Gasteiger partial charge in [-0.3, -0.25) is 13.9 Å². The molecule has 0 saturated heterocycles. The van der Waals surface area contributed by atoms with Gasteiger partial charge in [0.2, 0.25) is 21.8 Å². The highest BCUT2D eigenvalue weighted by Crippen LogP contribution is 2.23. The molecule has 0 spiro atoms. The van der Waals surface area contributed by atoms with Gasteiger partial charge < -0.3 is 10.2 Å². The van der Waals surface area contributed by atoms with Crippen LogP contribution in [0, 0.1) is 11.6 Å². The first kappa shape index (κ1) is 28.1. The molecule has 0 aliphatic heterocycles. The highest BCUT2D eigenvalue weighted by Gasteiger charge is 2.32. The number of hydrogen-bond acceptors (Lipinski definition) is 4. The Morgan fingerprint density at radius 2 is 1.62 bits per heavy atom. The number of likely N-dealkylation sites (N-methyl/N-ethyl adjacent to an activating group) is 1. The highest BCUT2D eigenvalue weighted by molar-refractivity contribution is 7.92. The number of rotatable bonds is 10. The van der Waals surface area contributed by atoms with Crippen LogP contribution in [0.3, 0.4) is 0 Å². The minimum atomic E-state index is -4.09. The Balaban J connectivity index is 2.04. The Hall–Kier alpha value is -3.50. The van der Waals surface area contributed by atoms with Crippen LogP contribution in [0.25, 0.3) is 0 Å². The summed E-state index contributed by atoms with van der Waals surface area (Å²) in [7, 11) is -2.65. The van der Waals surface area contributed by atoms with E-state index in [2.05, 4.69) is 5.32 Å². The number of sulfonamides is 1. The van der Waals surface area contributed by atoms with E-state index < -0.39 is 46.1 Å². The molecule has 3 aromatic rings. The molecule has 0 saturated carbocycles. The number of benzene rings is 3. The van der Waals surface area contributed by atoms with Gasteiger partial charge in [0.15, 0.2) is 11.6 Å². The number of carbonyl (C=O) groups is 2. The van der Waals surface area contributed by atoms with E-state index in [0.717, 1.165) is 24.0 Å². The molecule has 0 bridgehead atoms. The van der Waals surface area contributed by atoms with Crippen molar-refractivity contribution < 1.29 is 26.8 Å². The molecule has 11 heteroatoms. The van der Waals surface area contributed by atoms with Crippen LogP contribution in [0.5, 0.6) is 0 Å². The lowest BCUT2D eigenvalue weighted by Gasteiger charge is -2.33. The third-order valence-electron chi connectivity index (χ3n) is 5.63. The molecule has 1 N–H and O–H groups in total. The van der Waals surface area contributed by atoms with Gasteiger partial charge in [0.05, 0.1) is 11.9 Å². The Kier molecular flexibility index (Phi) is 9.23. The van der Waals surface area contributed by atoms with Gasteiger partial charge in [-0.2, -0.15) is 0 Å². The lowest BCUT2D eigenvalue weighted by atomic mass is 10.0. The van der Waals surface area contributed by atoms with Crippen molar-refractivity contribution in [2.45, 2.75) is 19.0 Å². The maximum Gasteiger partial charge on any atom is 0.244 e. The van der Waals surface area contributed by atoms with E-state index in [-0.39, 0.29) is 18.7 Å². The van der Waals surface area contributed by atoms with E-state index in [9.17, 15) is 26.8 Å². The molecule has 2 amide bonds. The van der Waals surface area contributed by atoms with Crippen LogP contribution in [-0.4, -0.2) is 51.0 Å². The van der Waals surface area contributed by atoms with Crippen LogP contribution in [0.2, 0.25) is 5.02 Å². The van der Waals surface area contributed by atoms with Gasteiger partial charge >= 0.3 is 0 Å². The van der Waals surface area contributed by atoms with Crippen molar-refractivity contribution in [2.24, 2.45) is 0 Å². The molecule has 0 aromatic heterocycles. The average molecular weight is 550 g/mol. The summed E-state index contributed by atoms with van der Waals surface area (Å²) in [6.45, 7) is -0.799. The molecule has 1 atom stereocenters. The third kappa shape index (κ3) is 7.50. The summed E-state index contributed by atoms with van der Waals surface area (Å²) in [5.41, 5.74) is 1.17. The zero-order valence-corrected chi connectivity index (χ0v) is 21.8. The first-order valence-electron chi connectivity index (χ1n) is 11.2. The summed E-state index contributed by atoms with van der Waals surface area (Å²) < 4.78 is 53.2. The van der Waals surface area contributed by atoms with E-state index in [4.69, 9.17) is 11.6 Å². The standard InChI is InChI=1S/C26H26ClF2N3O4S/c1-30-26(34)24(14-18-7-4-3-5-8-18)31(16-19-9-6-10-20(27)13-19)25(33)17-32(37(2,35)36)21-11-12-22(28)23(29)15-21/h3-13,15,24H,14,16-17H2,1-2H3,(H,30,34). The smallest absolute Gasteiger partial charge is 0.244 e. The van der Waals surface area contributed by atoms with Gasteiger partial charge in [-0.1, -0.05) is 54.1 Å². The van der Waals surface area contributed by atoms with E-state index in [1.54, 1.807) is 36.4 Å². The molecule has 196 valence electrons. The Morgan fingerprint density at radius 3 is 2.22 bits per heavy atom. The molecule has 0 aliphatic rings. The van der Waals surface area contributed by atoms with E-state index in [0.29, 0.717) is 21.0 Å². The van der Waals surface area contributed by atoms with Gasteiger partial charge in [0.25, 0.3) is 0 Å². The second-order valence-corrected chi connectivity index (χ2v) is 10.7. The van der Waals surface area contributed by atoms with Crippen molar-refractivity contribution in [3.8, 4) is 0 Å². The maximum absolute atomic E-state index is 13.9. The van der Waals surface area contributed by atoms with Crippen LogP contribution < -0.4 is 9.62 Å². The molecule has 0 aliphatic carbocycles. The lowest BCUT2D eigenvalue weighted by Crippen LogP contribution is -2.52. The number of hydrogen-bond donors (Lipinski definition) is 1. The van der Waals surface area contributed by atoms with Crippen molar-refractivity contribution in [1.82, 2.24) is 10.2 Å². The summed E-state index contributed by atoms with van der Waals surface area (Å²) in [5.74, 6) is -3.60. The van der Waals surface area contributed by atoms with Crippen LogP contribution in [0.1, 0.15) is 11.1 Å². The molecule has 0 radical (unpaired) electrons. The van der Waals surface area contributed by atoms with E-state index >= 15 is 0 Å². The molecular weight excluding hydrogens is 524 g/mol. The topological polar surface area (TPSA) is 86.8 Å². The summed E-state index contributed by atoms with van der Waals surface area (Å²) in [6, 6.07) is 17.3. The van der Waals surface area contributed by atoms with Gasteiger partial charge in [-0.25, -0.2) is 17.2 Å². The molecule has 7 nitrogen and oxygen atoms in total. The predicted octanol–water partition coefficient (Wildman–Crippen LogP) is 3.77. The molecule has 0 fully saturated rings. The zero-order chi connectivity index (χ0) is 27.2. The second kappa shape index (κ2) is 12.2. The number of nitrogens with zero attached hydrogens (tertiary/aromatic N) is 2. The van der Waals surface area contributed by atoms with Crippen molar-refractivity contribution in [1.29, 1.82) is 0 Å². The van der Waals surface area contributed by atoms with E-state index in [1.807, 2.05) is 18.2 Å². The van der Waals surface area contributed by atoms with Crippen molar-refractivity contribution in [2.75, 3.05) is 24.2 Å². The fourth-order valence-electron chi connectivity index (χ4n) is 3.81. The summed E-state index contributed by atoms with van der Waals surface area (Å²) >= 11 is 6.12. The van der Waals surface area contributed by atoms with Crippen LogP contribution in [-0.2, 0) is 32.6 Å². The molecule has 3 rings (SSSR count). The fourth-order valence-corrected chi connectivity index (χ4v) is 4.86. The number of anilines is 1. The largest absolute Gasteiger partial charge is 0.357 e. The van der Waals surface area contributed by atoms with Crippen molar-refractivity contribution >= 4 is 39.1 Å². The zero-order valence-electron chi connectivity index (χ0n) is 20.2. The van der Waals surface area contributed by atoms with Gasteiger partial charge in [0, 0.05) is 31.1 Å². The molecular formula is C26H26ClF2N3O4S. The summed E-state index contributed by atoms with van der Waals surface area (Å²) in [5, 5.41) is 2.99. The molecule has 0 heterocycles. The third-order valence-corrected chi connectivity index (χ3v) is 7.01. The van der Waals surface area contributed by atoms with Gasteiger partial charge in [-0.15, -0.1) is 0 Å². The highest BCUT2D eigenvalue weighted by atomic mass is 35.5. The first-order chi connectivity index (χ1) is 17.5. The number of halogens is 3. The Morgan fingerprint density at radius 1 is 0.946 bits per heavy atom. The summed E-state index contributed by atoms with van der Waals surface area (Å²) in [6.07, 6.45) is 1.000. The molecule has 37 heavy (non-hydrogen) atoms. The van der Waals surface area contributed by atoms with Crippen molar-refractivity contribution in [3.05, 3.63) is 101 Å². The first-order valence-corrected chi connectivity index (χ1v) is 13.4. The van der Waals surface area contributed by atoms with Crippen LogP contribution >= 0.6 is 11.6 Å². The fraction of sp³-hybridized carbons (Fsp3) is 0.231. The van der Waals surface area contributed by atoms with Crippen LogP contribution in [0.15, 0.2) is 72.8 Å². The lowest BCUT2D eigenvalue weighted by molar-refractivity contribution is -0.139. The number of nitrogens with one attached hydrogen (secondary N) is 1. The van der Waals surface area contributed by atoms with Crippen LogP contribution in [0.4, 0.5) is 14.5 Å². The number of carbonyl (C=O) groups excluding carboxylic acids is 2. The van der Waals surface area contributed by atoms with Gasteiger partial charge in [-0.05, 0) is 35.4 Å². The van der Waals surface area contributed by atoms with Crippen molar-refractivity contribution in [3.63, 3.8) is 0 Å². The normalized spacial score (nSPS) is 12.0. The number of amides is 2. The second-order valence-electron chi connectivity index (χ2n) is 8.34. The van der Waals surface area contributed by atoms with Gasteiger partial charge in [0.1, 0.15) is 12.6 Å². The van der Waals surface area contributed by atoms with E-state index in [1.165, 1.54) is 11.9 Å². The minimum absolute atomic E-state index is 0.0559. The quantitative estimate of drug-likeness (QED) is 0.417. The maximum atomic E-state index is 13.9. The minimum Gasteiger partial charge on any atom is -0.357 e. The predicted molar refractivity (Wildman–Crippen MR) is 139 cm³/mol. The SMILES string of the molecule is CNC(=O)C(Cc1ccccc1)N(Cc1cccc(Cl)c1)C(=O)CN(c1ccc(F)c(F)c1)S(C)(=O)=O. The Bertz CT molecular complexity index is 1370. The molecule has 3 aromatic carbocycles.